The van der Waals surface area contributed by atoms with Crippen LogP contribution in [0.15, 0.2) is 54.7 Å². The first-order valence-electron chi connectivity index (χ1n) is 9.68. The normalized spacial score (nSPS) is 12.6. The molecular formula is C23H27N3O3. The number of amides is 1. The van der Waals surface area contributed by atoms with Crippen LogP contribution in [-0.2, 0) is 16.1 Å². The van der Waals surface area contributed by atoms with Crippen molar-refractivity contribution in [2.45, 2.75) is 52.8 Å². The Balaban J connectivity index is 1.76. The number of imidazole rings is 1. The molecule has 3 rings (SSSR count). The van der Waals surface area contributed by atoms with E-state index in [0.29, 0.717) is 12.2 Å². The lowest BCUT2D eigenvalue weighted by molar-refractivity contribution is -0.145. The maximum Gasteiger partial charge on any atom is 0.359 e. The van der Waals surface area contributed by atoms with E-state index < -0.39 is 17.6 Å². The minimum atomic E-state index is -0.920. The quantitative estimate of drug-likeness (QED) is 0.614. The summed E-state index contributed by atoms with van der Waals surface area (Å²) < 4.78 is 7.29. The van der Waals surface area contributed by atoms with Gasteiger partial charge in [-0.25, -0.2) is 9.78 Å². The Hall–Kier alpha value is -3.15. The van der Waals surface area contributed by atoms with Crippen LogP contribution < -0.4 is 0 Å². The molecule has 1 aromatic carbocycles. The number of esters is 1. The van der Waals surface area contributed by atoms with Gasteiger partial charge in [-0.1, -0.05) is 36.4 Å². The lowest BCUT2D eigenvalue weighted by Gasteiger charge is -2.37. The van der Waals surface area contributed by atoms with Gasteiger partial charge in [0.1, 0.15) is 5.65 Å². The van der Waals surface area contributed by atoms with Crippen LogP contribution >= 0.6 is 0 Å². The second-order valence-corrected chi connectivity index (χ2v) is 8.15. The van der Waals surface area contributed by atoms with E-state index in [2.05, 4.69) is 4.98 Å². The SMILES string of the molecule is Cc1cccc2nc(C(=O)O[C@@H](C)C(=O)N(Cc3ccccc3)C(C)(C)C)cn12. The monoisotopic (exact) mass is 393 g/mol. The van der Waals surface area contributed by atoms with Gasteiger partial charge in [-0.2, -0.15) is 0 Å². The largest absolute Gasteiger partial charge is 0.448 e. The Morgan fingerprint density at radius 2 is 1.79 bits per heavy atom. The summed E-state index contributed by atoms with van der Waals surface area (Å²) in [5.74, 6) is -0.850. The summed E-state index contributed by atoms with van der Waals surface area (Å²) >= 11 is 0. The number of carbonyl (C=O) groups excluding carboxylic acids is 2. The van der Waals surface area contributed by atoms with E-state index in [4.69, 9.17) is 4.74 Å². The van der Waals surface area contributed by atoms with Crippen LogP contribution in [0.1, 0.15) is 49.4 Å². The van der Waals surface area contributed by atoms with Crippen LogP contribution in [0.5, 0.6) is 0 Å². The first kappa shape index (κ1) is 20.6. The molecule has 2 aromatic heterocycles. The zero-order valence-electron chi connectivity index (χ0n) is 17.5. The van der Waals surface area contributed by atoms with E-state index in [1.807, 2.05) is 80.6 Å². The summed E-state index contributed by atoms with van der Waals surface area (Å²) in [5.41, 5.74) is 2.40. The van der Waals surface area contributed by atoms with E-state index in [9.17, 15) is 9.59 Å². The summed E-state index contributed by atoms with van der Waals surface area (Å²) in [7, 11) is 0. The van der Waals surface area contributed by atoms with Crippen LogP contribution in [0, 0.1) is 6.92 Å². The molecule has 1 amide bonds. The zero-order chi connectivity index (χ0) is 21.2. The Labute approximate surface area is 171 Å². The highest BCUT2D eigenvalue weighted by Crippen LogP contribution is 2.20. The molecule has 0 unspecified atom stereocenters. The van der Waals surface area contributed by atoms with Gasteiger partial charge >= 0.3 is 5.97 Å². The molecule has 6 heteroatoms. The van der Waals surface area contributed by atoms with Gasteiger partial charge in [0.15, 0.2) is 11.8 Å². The molecule has 0 bridgehead atoms. The molecule has 6 nitrogen and oxygen atoms in total. The van der Waals surface area contributed by atoms with Crippen molar-refractivity contribution in [3.05, 3.63) is 71.7 Å². The number of carbonyl (C=O) groups is 2. The number of pyridine rings is 1. The van der Waals surface area contributed by atoms with Crippen molar-refractivity contribution < 1.29 is 14.3 Å². The van der Waals surface area contributed by atoms with Crippen molar-refractivity contribution in [3.8, 4) is 0 Å². The van der Waals surface area contributed by atoms with Gasteiger partial charge in [-0.15, -0.1) is 0 Å². The molecule has 0 saturated carbocycles. The van der Waals surface area contributed by atoms with Crippen molar-refractivity contribution in [3.63, 3.8) is 0 Å². The fraction of sp³-hybridized carbons (Fsp3) is 0.348. The average molecular weight is 393 g/mol. The highest BCUT2D eigenvalue weighted by atomic mass is 16.5. The fourth-order valence-corrected chi connectivity index (χ4v) is 3.15. The number of aryl methyl sites for hydroxylation is 1. The molecule has 0 aliphatic heterocycles. The fourth-order valence-electron chi connectivity index (χ4n) is 3.15. The Morgan fingerprint density at radius 1 is 1.10 bits per heavy atom. The Morgan fingerprint density at radius 3 is 2.41 bits per heavy atom. The van der Waals surface area contributed by atoms with Gasteiger partial charge in [0.2, 0.25) is 0 Å². The van der Waals surface area contributed by atoms with Gasteiger partial charge < -0.3 is 14.0 Å². The molecule has 2 heterocycles. The first-order valence-corrected chi connectivity index (χ1v) is 9.68. The number of benzene rings is 1. The molecule has 152 valence electrons. The summed E-state index contributed by atoms with van der Waals surface area (Å²) in [6, 6.07) is 15.4. The molecule has 0 spiro atoms. The van der Waals surface area contributed by atoms with Crippen LogP contribution in [0.2, 0.25) is 0 Å². The Kier molecular flexibility index (Phi) is 5.73. The van der Waals surface area contributed by atoms with E-state index >= 15 is 0 Å². The first-order chi connectivity index (χ1) is 13.7. The van der Waals surface area contributed by atoms with Gasteiger partial charge in [0, 0.05) is 24.0 Å². The second kappa shape index (κ2) is 8.07. The number of hydrogen-bond acceptors (Lipinski definition) is 4. The number of ether oxygens (including phenoxy) is 1. The van der Waals surface area contributed by atoms with Crippen molar-refractivity contribution in [2.24, 2.45) is 0 Å². The van der Waals surface area contributed by atoms with Gasteiger partial charge in [-0.05, 0) is 52.3 Å². The van der Waals surface area contributed by atoms with Crippen molar-refractivity contribution >= 4 is 17.5 Å². The lowest BCUT2D eigenvalue weighted by atomic mass is 10.0. The predicted molar refractivity (Wildman–Crippen MR) is 112 cm³/mol. The second-order valence-electron chi connectivity index (χ2n) is 8.15. The van der Waals surface area contributed by atoms with Crippen LogP contribution in [0.3, 0.4) is 0 Å². The smallest absolute Gasteiger partial charge is 0.359 e. The molecule has 0 radical (unpaired) electrons. The predicted octanol–water partition coefficient (Wildman–Crippen LogP) is 4.02. The average Bonchev–Trinajstić information content (AvgIpc) is 3.11. The van der Waals surface area contributed by atoms with Gasteiger partial charge in [0.25, 0.3) is 5.91 Å². The molecule has 0 saturated heterocycles. The molecule has 0 aliphatic rings. The number of aromatic nitrogens is 2. The Bertz CT molecular complexity index is 1020. The molecule has 3 aromatic rings. The highest BCUT2D eigenvalue weighted by Gasteiger charge is 2.32. The number of hydrogen-bond donors (Lipinski definition) is 0. The van der Waals surface area contributed by atoms with E-state index in [1.54, 1.807) is 18.0 Å². The van der Waals surface area contributed by atoms with Crippen LogP contribution in [-0.4, -0.2) is 37.8 Å². The number of rotatable bonds is 5. The molecule has 0 fully saturated rings. The van der Waals surface area contributed by atoms with Crippen molar-refractivity contribution in [1.82, 2.24) is 14.3 Å². The minimum absolute atomic E-state index is 0.185. The summed E-state index contributed by atoms with van der Waals surface area (Å²) in [6.45, 7) is 9.87. The molecular weight excluding hydrogens is 366 g/mol. The van der Waals surface area contributed by atoms with Gasteiger partial charge in [0.05, 0.1) is 0 Å². The third-order valence-corrected chi connectivity index (χ3v) is 4.80. The van der Waals surface area contributed by atoms with E-state index in [0.717, 1.165) is 11.3 Å². The maximum atomic E-state index is 13.1. The minimum Gasteiger partial charge on any atom is -0.448 e. The third-order valence-electron chi connectivity index (χ3n) is 4.80. The van der Waals surface area contributed by atoms with Gasteiger partial charge in [-0.3, -0.25) is 4.79 Å². The lowest BCUT2D eigenvalue weighted by Crippen LogP contribution is -2.49. The van der Waals surface area contributed by atoms with Crippen LogP contribution in [0.25, 0.3) is 5.65 Å². The number of nitrogens with zero attached hydrogens (tertiary/aromatic N) is 3. The van der Waals surface area contributed by atoms with Crippen molar-refractivity contribution in [1.29, 1.82) is 0 Å². The molecule has 0 aliphatic carbocycles. The van der Waals surface area contributed by atoms with E-state index in [1.165, 1.54) is 0 Å². The topological polar surface area (TPSA) is 63.9 Å². The molecule has 29 heavy (non-hydrogen) atoms. The summed E-state index contributed by atoms with van der Waals surface area (Å²) in [4.78, 5) is 31.8. The standard InChI is InChI=1S/C23H27N3O3/c1-16-10-9-13-20-24-19(15-25(16)20)22(28)29-17(2)21(27)26(23(3,4)5)14-18-11-7-6-8-12-18/h6-13,15,17H,14H2,1-5H3/t17-/m0/s1. The molecule has 1 atom stereocenters. The summed E-state index contributed by atoms with van der Waals surface area (Å²) in [5, 5.41) is 0. The highest BCUT2D eigenvalue weighted by molar-refractivity contribution is 5.91. The van der Waals surface area contributed by atoms with Crippen molar-refractivity contribution in [2.75, 3.05) is 0 Å². The van der Waals surface area contributed by atoms with Crippen LogP contribution in [0.4, 0.5) is 0 Å². The molecule has 0 N–H and O–H groups in total. The van der Waals surface area contributed by atoms with E-state index in [-0.39, 0.29) is 11.6 Å². The summed E-state index contributed by atoms with van der Waals surface area (Å²) in [6.07, 6.45) is 0.715. The number of fused-ring (bicyclic) bond motifs is 1. The maximum absolute atomic E-state index is 13.1. The zero-order valence-corrected chi connectivity index (χ0v) is 17.5. The third kappa shape index (κ3) is 4.65.